The number of aryl methyl sites for hydroxylation is 3. The highest BCUT2D eigenvalue weighted by atomic mass is 19.1. The SMILES string of the molecule is Cc1cnc(C(=O)c2cc(F)ccc2C)c(C)c1. The first-order valence-electron chi connectivity index (χ1n) is 5.73. The smallest absolute Gasteiger partial charge is 0.211 e. The van der Waals surface area contributed by atoms with Crippen LogP contribution in [0, 0.1) is 26.6 Å². The van der Waals surface area contributed by atoms with Crippen molar-refractivity contribution in [3.8, 4) is 0 Å². The summed E-state index contributed by atoms with van der Waals surface area (Å²) in [6.07, 6.45) is 1.65. The Morgan fingerprint density at radius 3 is 2.50 bits per heavy atom. The van der Waals surface area contributed by atoms with Gasteiger partial charge in [-0.3, -0.25) is 9.78 Å². The number of rotatable bonds is 2. The second-order valence-corrected chi connectivity index (χ2v) is 4.47. The van der Waals surface area contributed by atoms with E-state index in [0.717, 1.165) is 16.7 Å². The fourth-order valence-corrected chi connectivity index (χ4v) is 1.92. The average Bonchev–Trinajstić information content (AvgIpc) is 2.31. The molecular weight excluding hydrogens is 229 g/mol. The Morgan fingerprint density at radius 2 is 1.83 bits per heavy atom. The van der Waals surface area contributed by atoms with Gasteiger partial charge in [-0.1, -0.05) is 12.1 Å². The molecule has 2 aromatic rings. The second-order valence-electron chi connectivity index (χ2n) is 4.47. The molecule has 1 heterocycles. The molecule has 2 rings (SSSR count). The monoisotopic (exact) mass is 243 g/mol. The summed E-state index contributed by atoms with van der Waals surface area (Å²) in [5.74, 6) is -0.641. The lowest BCUT2D eigenvalue weighted by Crippen LogP contribution is -2.09. The number of hydrogen-bond acceptors (Lipinski definition) is 2. The van der Waals surface area contributed by atoms with Crippen LogP contribution < -0.4 is 0 Å². The van der Waals surface area contributed by atoms with Gasteiger partial charge in [0.15, 0.2) is 0 Å². The van der Waals surface area contributed by atoms with E-state index in [1.165, 1.54) is 12.1 Å². The van der Waals surface area contributed by atoms with Crippen molar-refractivity contribution in [1.29, 1.82) is 0 Å². The fraction of sp³-hybridized carbons (Fsp3) is 0.200. The molecule has 0 saturated heterocycles. The molecule has 0 atom stereocenters. The van der Waals surface area contributed by atoms with Gasteiger partial charge >= 0.3 is 0 Å². The molecule has 0 amide bonds. The molecule has 0 aliphatic carbocycles. The Hall–Kier alpha value is -2.03. The maximum Gasteiger partial charge on any atom is 0.211 e. The van der Waals surface area contributed by atoms with E-state index < -0.39 is 5.82 Å². The van der Waals surface area contributed by atoms with E-state index in [-0.39, 0.29) is 5.78 Å². The zero-order valence-corrected chi connectivity index (χ0v) is 10.6. The maximum absolute atomic E-state index is 13.2. The minimum absolute atomic E-state index is 0.232. The minimum Gasteiger partial charge on any atom is -0.287 e. The van der Waals surface area contributed by atoms with Crippen LogP contribution in [0.4, 0.5) is 4.39 Å². The molecule has 0 aliphatic heterocycles. The van der Waals surface area contributed by atoms with Gasteiger partial charge in [0.1, 0.15) is 11.5 Å². The standard InChI is InChI=1S/C15H14FNO/c1-9-6-11(3)14(17-8-9)15(18)13-7-12(16)5-4-10(13)2/h4-8H,1-3H3. The number of carbonyl (C=O) groups excluding carboxylic acids is 1. The fourth-order valence-electron chi connectivity index (χ4n) is 1.92. The van der Waals surface area contributed by atoms with Crippen molar-refractivity contribution in [2.45, 2.75) is 20.8 Å². The molecule has 92 valence electrons. The van der Waals surface area contributed by atoms with Crippen molar-refractivity contribution < 1.29 is 9.18 Å². The molecule has 0 aliphatic rings. The van der Waals surface area contributed by atoms with Crippen LogP contribution in [0.5, 0.6) is 0 Å². The summed E-state index contributed by atoms with van der Waals surface area (Å²) in [6, 6.07) is 6.11. The van der Waals surface area contributed by atoms with E-state index >= 15 is 0 Å². The highest BCUT2D eigenvalue weighted by Crippen LogP contribution is 2.17. The molecule has 1 aromatic heterocycles. The van der Waals surface area contributed by atoms with E-state index in [2.05, 4.69) is 4.98 Å². The van der Waals surface area contributed by atoms with Gasteiger partial charge in [0.25, 0.3) is 0 Å². The molecule has 0 N–H and O–H groups in total. The van der Waals surface area contributed by atoms with Gasteiger partial charge in [0.2, 0.25) is 5.78 Å². The number of ketones is 1. The molecule has 0 bridgehead atoms. The second kappa shape index (κ2) is 4.69. The topological polar surface area (TPSA) is 30.0 Å². The van der Waals surface area contributed by atoms with Crippen LogP contribution >= 0.6 is 0 Å². The Morgan fingerprint density at radius 1 is 1.11 bits per heavy atom. The summed E-state index contributed by atoms with van der Waals surface area (Å²) >= 11 is 0. The Bertz CT molecular complexity index is 620. The van der Waals surface area contributed by atoms with Crippen LogP contribution in [-0.4, -0.2) is 10.8 Å². The summed E-state index contributed by atoms with van der Waals surface area (Å²) in [6.45, 7) is 5.54. The first kappa shape index (κ1) is 12.4. The summed E-state index contributed by atoms with van der Waals surface area (Å²) in [4.78, 5) is 16.5. The largest absolute Gasteiger partial charge is 0.287 e. The third-order valence-corrected chi connectivity index (χ3v) is 2.87. The molecule has 0 unspecified atom stereocenters. The molecule has 0 saturated carbocycles. The van der Waals surface area contributed by atoms with E-state index in [9.17, 15) is 9.18 Å². The van der Waals surface area contributed by atoms with Crippen LogP contribution in [0.15, 0.2) is 30.5 Å². The normalized spacial score (nSPS) is 10.4. The summed E-state index contributed by atoms with van der Waals surface area (Å²) in [5, 5.41) is 0. The number of halogens is 1. The Balaban J connectivity index is 2.51. The van der Waals surface area contributed by atoms with E-state index in [0.29, 0.717) is 11.3 Å². The molecule has 0 spiro atoms. The van der Waals surface area contributed by atoms with Crippen LogP contribution in [0.25, 0.3) is 0 Å². The van der Waals surface area contributed by atoms with Crippen molar-refractivity contribution >= 4 is 5.78 Å². The molecule has 2 nitrogen and oxygen atoms in total. The Kier molecular flexibility index (Phi) is 3.24. The molecule has 0 radical (unpaired) electrons. The predicted octanol–water partition coefficient (Wildman–Crippen LogP) is 3.38. The van der Waals surface area contributed by atoms with Gasteiger partial charge in [-0.25, -0.2) is 4.39 Å². The number of pyridine rings is 1. The van der Waals surface area contributed by atoms with Crippen LogP contribution in [-0.2, 0) is 0 Å². The highest BCUT2D eigenvalue weighted by Gasteiger charge is 2.16. The van der Waals surface area contributed by atoms with E-state index in [4.69, 9.17) is 0 Å². The van der Waals surface area contributed by atoms with Crippen LogP contribution in [0.2, 0.25) is 0 Å². The van der Waals surface area contributed by atoms with Crippen molar-refractivity contribution in [2.24, 2.45) is 0 Å². The maximum atomic E-state index is 13.2. The number of carbonyl (C=O) groups is 1. The van der Waals surface area contributed by atoms with Gasteiger partial charge in [0.05, 0.1) is 0 Å². The van der Waals surface area contributed by atoms with Crippen LogP contribution in [0.1, 0.15) is 32.7 Å². The summed E-state index contributed by atoms with van der Waals surface area (Å²) in [5.41, 5.74) is 3.32. The van der Waals surface area contributed by atoms with Crippen molar-refractivity contribution in [1.82, 2.24) is 4.98 Å². The first-order chi connectivity index (χ1) is 8.49. The molecule has 0 fully saturated rings. The molecule has 18 heavy (non-hydrogen) atoms. The first-order valence-corrected chi connectivity index (χ1v) is 5.73. The molecule has 3 heteroatoms. The third-order valence-electron chi connectivity index (χ3n) is 2.87. The zero-order chi connectivity index (χ0) is 13.3. The van der Waals surface area contributed by atoms with Gasteiger partial charge < -0.3 is 0 Å². The van der Waals surface area contributed by atoms with Gasteiger partial charge in [-0.05, 0) is 49.6 Å². The average molecular weight is 243 g/mol. The van der Waals surface area contributed by atoms with Crippen molar-refractivity contribution in [3.05, 3.63) is 64.2 Å². The lowest BCUT2D eigenvalue weighted by Gasteiger charge is -2.07. The zero-order valence-electron chi connectivity index (χ0n) is 10.6. The number of hydrogen-bond donors (Lipinski definition) is 0. The number of benzene rings is 1. The lowest BCUT2D eigenvalue weighted by atomic mass is 9.99. The summed E-state index contributed by atoms with van der Waals surface area (Å²) < 4.78 is 13.2. The van der Waals surface area contributed by atoms with Crippen molar-refractivity contribution in [3.63, 3.8) is 0 Å². The summed E-state index contributed by atoms with van der Waals surface area (Å²) in [7, 11) is 0. The highest BCUT2D eigenvalue weighted by molar-refractivity contribution is 6.09. The van der Waals surface area contributed by atoms with Crippen molar-refractivity contribution in [2.75, 3.05) is 0 Å². The van der Waals surface area contributed by atoms with Gasteiger partial charge in [-0.15, -0.1) is 0 Å². The third kappa shape index (κ3) is 2.30. The van der Waals surface area contributed by atoms with E-state index in [1.807, 2.05) is 19.9 Å². The predicted molar refractivity (Wildman–Crippen MR) is 68.3 cm³/mol. The van der Waals surface area contributed by atoms with Gasteiger partial charge in [-0.2, -0.15) is 0 Å². The Labute approximate surface area is 105 Å². The van der Waals surface area contributed by atoms with E-state index in [1.54, 1.807) is 19.2 Å². The quantitative estimate of drug-likeness (QED) is 0.757. The number of aromatic nitrogens is 1. The van der Waals surface area contributed by atoms with Gasteiger partial charge in [0, 0.05) is 11.8 Å². The minimum atomic E-state index is -0.409. The number of nitrogens with zero attached hydrogens (tertiary/aromatic N) is 1. The van der Waals surface area contributed by atoms with Crippen LogP contribution in [0.3, 0.4) is 0 Å². The lowest BCUT2D eigenvalue weighted by molar-refractivity contribution is 0.103. The molecule has 1 aromatic carbocycles. The molecular formula is C15H14FNO.